The fourth-order valence-electron chi connectivity index (χ4n) is 7.95. The van der Waals surface area contributed by atoms with Crippen LogP contribution in [0.3, 0.4) is 0 Å². The van der Waals surface area contributed by atoms with E-state index < -0.39 is 0 Å². The maximum Gasteiger partial charge on any atom is 0.162 e. The van der Waals surface area contributed by atoms with Gasteiger partial charge in [-0.15, -0.1) is 0 Å². The van der Waals surface area contributed by atoms with Gasteiger partial charge in [0.05, 0.1) is 27.6 Å². The van der Waals surface area contributed by atoms with Gasteiger partial charge in [0.15, 0.2) is 5.82 Å². The smallest absolute Gasteiger partial charge is 0.162 e. The molecule has 0 aliphatic rings. The van der Waals surface area contributed by atoms with Gasteiger partial charge in [0.2, 0.25) is 0 Å². The molecule has 0 radical (unpaired) electrons. The zero-order chi connectivity index (χ0) is 32.8. The number of para-hydroxylation sites is 3. The summed E-state index contributed by atoms with van der Waals surface area (Å²) in [7, 11) is 0. The van der Waals surface area contributed by atoms with Crippen molar-refractivity contribution in [3.05, 3.63) is 170 Å². The summed E-state index contributed by atoms with van der Waals surface area (Å²) in [5.74, 6) is 1.57. The minimum atomic E-state index is 0.697. The van der Waals surface area contributed by atoms with E-state index in [9.17, 15) is 0 Å². The van der Waals surface area contributed by atoms with E-state index in [0.29, 0.717) is 5.82 Å². The second kappa shape index (κ2) is 10.4. The Bertz CT molecular complexity index is 3160. The van der Waals surface area contributed by atoms with Gasteiger partial charge in [0.1, 0.15) is 5.82 Å². The topological polar surface area (TPSA) is 35.6 Å². The molecule has 0 saturated carbocycles. The first kappa shape index (κ1) is 27.2. The number of nitrogens with zero attached hydrogens (tertiary/aromatic N) is 4. The molecular weight excluding hydrogens is 609 g/mol. The standard InChI is InChI=1S/C46H28N4/c1-2-12-30-25-34(23-21-29(30)11-1)49-41-19-9-6-15-35(41)37-24-22-33(28-43(37)49)45-47-40-18-8-5-17-38(40)46(48-45)50-42-20-10-7-16-36(42)39-26-31-13-3-4-14-32(31)27-44(39)50/h1-28H. The molecule has 11 rings (SSSR count). The average molecular weight is 637 g/mol. The highest BCUT2D eigenvalue weighted by molar-refractivity contribution is 6.14. The average Bonchev–Trinajstić information content (AvgIpc) is 3.68. The Kier molecular flexibility index (Phi) is 5.63. The lowest BCUT2D eigenvalue weighted by Crippen LogP contribution is -2.03. The van der Waals surface area contributed by atoms with Gasteiger partial charge >= 0.3 is 0 Å². The molecule has 11 aromatic rings. The molecule has 0 fully saturated rings. The number of aromatic nitrogens is 4. The third-order valence-corrected chi connectivity index (χ3v) is 10.3. The van der Waals surface area contributed by atoms with Gasteiger partial charge in [0.25, 0.3) is 0 Å². The van der Waals surface area contributed by atoms with E-state index in [4.69, 9.17) is 9.97 Å². The number of benzene rings is 8. The lowest BCUT2D eigenvalue weighted by molar-refractivity contribution is 1.08. The molecule has 3 heterocycles. The Morgan fingerprint density at radius 2 is 0.920 bits per heavy atom. The van der Waals surface area contributed by atoms with Crippen molar-refractivity contribution < 1.29 is 0 Å². The van der Waals surface area contributed by atoms with Gasteiger partial charge in [0, 0.05) is 38.2 Å². The minimum absolute atomic E-state index is 0.697. The molecule has 4 nitrogen and oxygen atoms in total. The van der Waals surface area contributed by atoms with Gasteiger partial charge in [-0.25, -0.2) is 9.97 Å². The van der Waals surface area contributed by atoms with Crippen LogP contribution in [0.1, 0.15) is 0 Å². The van der Waals surface area contributed by atoms with Crippen LogP contribution in [0.4, 0.5) is 0 Å². The van der Waals surface area contributed by atoms with Crippen LogP contribution in [-0.4, -0.2) is 19.1 Å². The highest BCUT2D eigenvalue weighted by atomic mass is 15.1. The molecule has 232 valence electrons. The summed E-state index contributed by atoms with van der Waals surface area (Å²) in [5.41, 5.74) is 7.57. The van der Waals surface area contributed by atoms with E-state index >= 15 is 0 Å². The molecule has 0 amide bonds. The number of rotatable bonds is 3. The van der Waals surface area contributed by atoms with Crippen molar-refractivity contribution in [2.75, 3.05) is 0 Å². The van der Waals surface area contributed by atoms with E-state index in [1.165, 1.54) is 48.6 Å². The predicted octanol–water partition coefficient (Wildman–Crippen LogP) is 11.8. The summed E-state index contributed by atoms with van der Waals surface area (Å²) < 4.78 is 4.70. The lowest BCUT2D eigenvalue weighted by atomic mass is 10.1. The zero-order valence-corrected chi connectivity index (χ0v) is 27.0. The van der Waals surface area contributed by atoms with E-state index in [1.807, 2.05) is 0 Å². The second-order valence-corrected chi connectivity index (χ2v) is 13.1. The Morgan fingerprint density at radius 3 is 1.72 bits per heavy atom. The van der Waals surface area contributed by atoms with E-state index in [-0.39, 0.29) is 0 Å². The Morgan fingerprint density at radius 1 is 0.340 bits per heavy atom. The highest BCUT2D eigenvalue weighted by Gasteiger charge is 2.19. The van der Waals surface area contributed by atoms with Crippen LogP contribution >= 0.6 is 0 Å². The molecule has 8 aromatic carbocycles. The summed E-state index contributed by atoms with van der Waals surface area (Å²) in [5, 5.41) is 10.7. The molecule has 3 aromatic heterocycles. The number of hydrogen-bond donors (Lipinski definition) is 0. The predicted molar refractivity (Wildman–Crippen MR) is 209 cm³/mol. The molecule has 0 spiro atoms. The van der Waals surface area contributed by atoms with Crippen molar-refractivity contribution in [2.24, 2.45) is 0 Å². The van der Waals surface area contributed by atoms with E-state index in [2.05, 4.69) is 179 Å². The molecule has 0 saturated heterocycles. The molecule has 0 atom stereocenters. The monoisotopic (exact) mass is 636 g/mol. The fourth-order valence-corrected chi connectivity index (χ4v) is 7.95. The van der Waals surface area contributed by atoms with Crippen molar-refractivity contribution in [1.29, 1.82) is 0 Å². The molecule has 0 unspecified atom stereocenters. The lowest BCUT2D eigenvalue weighted by Gasteiger charge is -2.13. The minimum Gasteiger partial charge on any atom is -0.309 e. The molecule has 0 bridgehead atoms. The van der Waals surface area contributed by atoms with E-state index in [0.717, 1.165) is 44.5 Å². The summed E-state index contributed by atoms with van der Waals surface area (Å²) in [6.07, 6.45) is 0. The van der Waals surface area contributed by atoms with Crippen LogP contribution in [0, 0.1) is 0 Å². The summed E-state index contributed by atoms with van der Waals surface area (Å²) >= 11 is 0. The first-order valence-electron chi connectivity index (χ1n) is 17.0. The normalized spacial score (nSPS) is 12.0. The molecule has 4 heteroatoms. The molecule has 50 heavy (non-hydrogen) atoms. The van der Waals surface area contributed by atoms with Crippen molar-refractivity contribution >= 4 is 76.1 Å². The Balaban J connectivity index is 1.19. The van der Waals surface area contributed by atoms with Crippen LogP contribution in [0.25, 0.3) is 99.0 Å². The Hall–Kier alpha value is -6.78. The third kappa shape index (κ3) is 3.93. The number of hydrogen-bond acceptors (Lipinski definition) is 2. The van der Waals surface area contributed by atoms with Gasteiger partial charge in [-0.1, -0.05) is 115 Å². The van der Waals surface area contributed by atoms with Crippen molar-refractivity contribution in [1.82, 2.24) is 19.1 Å². The van der Waals surface area contributed by atoms with Gasteiger partial charge in [-0.3, -0.25) is 4.57 Å². The molecule has 0 N–H and O–H groups in total. The maximum absolute atomic E-state index is 5.44. The van der Waals surface area contributed by atoms with Gasteiger partial charge in [-0.05, 0) is 76.1 Å². The van der Waals surface area contributed by atoms with Crippen molar-refractivity contribution in [3.8, 4) is 22.9 Å². The first-order chi connectivity index (χ1) is 24.8. The number of fused-ring (bicyclic) bond motifs is 9. The fraction of sp³-hybridized carbons (Fsp3) is 0. The molecule has 0 aliphatic heterocycles. The van der Waals surface area contributed by atoms with Gasteiger partial charge < -0.3 is 4.57 Å². The quantitative estimate of drug-likeness (QED) is 0.193. The largest absolute Gasteiger partial charge is 0.309 e. The van der Waals surface area contributed by atoms with Crippen molar-refractivity contribution in [3.63, 3.8) is 0 Å². The maximum atomic E-state index is 5.44. The van der Waals surface area contributed by atoms with Crippen LogP contribution in [0.15, 0.2) is 170 Å². The van der Waals surface area contributed by atoms with Crippen LogP contribution in [-0.2, 0) is 0 Å². The molecule has 0 aliphatic carbocycles. The van der Waals surface area contributed by atoms with Crippen molar-refractivity contribution in [2.45, 2.75) is 0 Å². The Labute approximate surface area is 287 Å². The van der Waals surface area contributed by atoms with E-state index in [1.54, 1.807) is 0 Å². The van der Waals surface area contributed by atoms with Gasteiger partial charge in [-0.2, -0.15) is 0 Å². The first-order valence-corrected chi connectivity index (χ1v) is 17.0. The second-order valence-electron chi connectivity index (χ2n) is 13.1. The van der Waals surface area contributed by atoms with Crippen LogP contribution < -0.4 is 0 Å². The van der Waals surface area contributed by atoms with Crippen LogP contribution in [0.2, 0.25) is 0 Å². The SMILES string of the molecule is c1ccc2cc(-n3c4ccccc4c4ccc(-c5nc(-n6c7ccccc7c7cc8ccccc8cc76)c6ccccc6n5)cc43)ccc2c1. The summed E-state index contributed by atoms with van der Waals surface area (Å²) in [6.45, 7) is 0. The third-order valence-electron chi connectivity index (χ3n) is 10.3. The summed E-state index contributed by atoms with van der Waals surface area (Å²) in [6, 6.07) is 60.8. The highest BCUT2D eigenvalue weighted by Crippen LogP contribution is 2.38. The summed E-state index contributed by atoms with van der Waals surface area (Å²) in [4.78, 5) is 10.6. The molecular formula is C46H28N4. The zero-order valence-electron chi connectivity index (χ0n) is 27.0. The van der Waals surface area contributed by atoms with Crippen LogP contribution in [0.5, 0.6) is 0 Å².